The summed E-state index contributed by atoms with van der Waals surface area (Å²) in [6.07, 6.45) is 10.2. The number of aldehydes is 2. The van der Waals surface area contributed by atoms with Crippen molar-refractivity contribution < 1.29 is 9.59 Å². The predicted octanol–water partition coefficient (Wildman–Crippen LogP) is 7.42. The Hall–Kier alpha value is -4.04. The van der Waals surface area contributed by atoms with Crippen molar-refractivity contribution >= 4 is 47.6 Å². The van der Waals surface area contributed by atoms with Crippen LogP contribution < -0.4 is 0 Å². The standard InChI is InChI=1S/C30H24O2/c1-21-17-23(19-31)7-9-25(21)11-12-28-14-13-27-5-3-4-6-29(27)30(28)16-15-26-10-8-24(20-32)18-22(26)2/h3-20H,1-2H3/b12-11-,16-15-. The van der Waals surface area contributed by atoms with Crippen LogP contribution in [0.1, 0.15) is 54.1 Å². The van der Waals surface area contributed by atoms with Gasteiger partial charge in [-0.05, 0) is 70.1 Å². The number of benzene rings is 4. The molecule has 0 aliphatic rings. The van der Waals surface area contributed by atoms with Gasteiger partial charge in [-0.2, -0.15) is 0 Å². The molecule has 0 spiro atoms. The van der Waals surface area contributed by atoms with Gasteiger partial charge in [0.2, 0.25) is 0 Å². The minimum absolute atomic E-state index is 0.685. The molecule has 0 saturated heterocycles. The fraction of sp³-hybridized carbons (Fsp3) is 0.0667. The van der Waals surface area contributed by atoms with Gasteiger partial charge in [0.15, 0.2) is 0 Å². The Morgan fingerprint density at radius 2 is 1.09 bits per heavy atom. The van der Waals surface area contributed by atoms with Gasteiger partial charge in [-0.15, -0.1) is 0 Å². The highest BCUT2D eigenvalue weighted by Crippen LogP contribution is 2.27. The molecule has 2 nitrogen and oxygen atoms in total. The van der Waals surface area contributed by atoms with E-state index in [9.17, 15) is 9.59 Å². The van der Waals surface area contributed by atoms with Crippen molar-refractivity contribution in [3.05, 3.63) is 117 Å². The quantitative estimate of drug-likeness (QED) is 0.242. The van der Waals surface area contributed by atoms with Crippen LogP contribution in [0.2, 0.25) is 0 Å². The zero-order valence-corrected chi connectivity index (χ0v) is 18.2. The fourth-order valence-electron chi connectivity index (χ4n) is 3.91. The van der Waals surface area contributed by atoms with E-state index in [0.29, 0.717) is 11.1 Å². The molecule has 0 radical (unpaired) electrons. The third-order valence-electron chi connectivity index (χ3n) is 5.74. The molecule has 0 fully saturated rings. The molecule has 0 N–H and O–H groups in total. The van der Waals surface area contributed by atoms with Gasteiger partial charge in [0.05, 0.1) is 0 Å². The first kappa shape index (κ1) is 21.2. The third-order valence-corrected chi connectivity index (χ3v) is 5.74. The van der Waals surface area contributed by atoms with Crippen LogP contribution in [0.3, 0.4) is 0 Å². The lowest BCUT2D eigenvalue weighted by atomic mass is 9.96. The van der Waals surface area contributed by atoms with Crippen molar-refractivity contribution in [3.8, 4) is 0 Å². The number of carbonyl (C=O) groups excluding carboxylic acids is 2. The van der Waals surface area contributed by atoms with Crippen molar-refractivity contribution in [1.29, 1.82) is 0 Å². The Bertz CT molecular complexity index is 1370. The second-order valence-electron chi connectivity index (χ2n) is 7.92. The topological polar surface area (TPSA) is 34.1 Å². The first-order chi connectivity index (χ1) is 15.6. The summed E-state index contributed by atoms with van der Waals surface area (Å²) in [5.74, 6) is 0. The smallest absolute Gasteiger partial charge is 0.150 e. The molecule has 32 heavy (non-hydrogen) atoms. The molecule has 0 aliphatic carbocycles. The van der Waals surface area contributed by atoms with Gasteiger partial charge in [-0.25, -0.2) is 0 Å². The molecule has 0 aromatic heterocycles. The van der Waals surface area contributed by atoms with Crippen molar-refractivity contribution in [2.75, 3.05) is 0 Å². The lowest BCUT2D eigenvalue weighted by Gasteiger charge is -2.09. The number of aryl methyl sites for hydroxylation is 2. The highest BCUT2D eigenvalue weighted by molar-refractivity contribution is 5.97. The van der Waals surface area contributed by atoms with Gasteiger partial charge < -0.3 is 0 Å². The van der Waals surface area contributed by atoms with E-state index in [4.69, 9.17) is 0 Å². The summed E-state index contributed by atoms with van der Waals surface area (Å²) in [4.78, 5) is 22.1. The highest BCUT2D eigenvalue weighted by atomic mass is 16.1. The number of hydrogen-bond donors (Lipinski definition) is 0. The summed E-state index contributed by atoms with van der Waals surface area (Å²) >= 11 is 0. The van der Waals surface area contributed by atoms with E-state index in [1.165, 1.54) is 10.8 Å². The molecule has 0 heterocycles. The van der Waals surface area contributed by atoms with Crippen LogP contribution in [0.25, 0.3) is 35.1 Å². The fourth-order valence-corrected chi connectivity index (χ4v) is 3.91. The Labute approximate surface area is 188 Å². The van der Waals surface area contributed by atoms with E-state index in [1.54, 1.807) is 0 Å². The third kappa shape index (κ3) is 4.50. The zero-order valence-electron chi connectivity index (χ0n) is 18.2. The van der Waals surface area contributed by atoms with E-state index in [2.05, 4.69) is 54.6 Å². The number of hydrogen-bond acceptors (Lipinski definition) is 2. The molecule has 4 aromatic carbocycles. The van der Waals surface area contributed by atoms with Gasteiger partial charge in [0.25, 0.3) is 0 Å². The van der Waals surface area contributed by atoms with Gasteiger partial charge >= 0.3 is 0 Å². The van der Waals surface area contributed by atoms with Crippen LogP contribution in [-0.2, 0) is 0 Å². The van der Waals surface area contributed by atoms with Gasteiger partial charge in [-0.3, -0.25) is 9.59 Å². The molecule has 0 saturated carbocycles. The first-order valence-electron chi connectivity index (χ1n) is 10.6. The van der Waals surface area contributed by atoms with Crippen LogP contribution in [-0.4, -0.2) is 12.6 Å². The zero-order chi connectivity index (χ0) is 22.5. The van der Waals surface area contributed by atoms with Gasteiger partial charge in [-0.1, -0.05) is 85.0 Å². The van der Waals surface area contributed by atoms with Crippen LogP contribution in [0.4, 0.5) is 0 Å². The van der Waals surface area contributed by atoms with Gasteiger partial charge in [0.1, 0.15) is 12.6 Å². The minimum atomic E-state index is 0.685. The molecular weight excluding hydrogens is 392 g/mol. The molecular formula is C30H24O2. The van der Waals surface area contributed by atoms with Crippen LogP contribution in [0.5, 0.6) is 0 Å². The largest absolute Gasteiger partial charge is 0.298 e. The van der Waals surface area contributed by atoms with E-state index < -0.39 is 0 Å². The monoisotopic (exact) mass is 416 g/mol. The van der Waals surface area contributed by atoms with Crippen LogP contribution in [0, 0.1) is 13.8 Å². The SMILES string of the molecule is Cc1cc(C=O)ccc1/C=C\c1ccc2ccccc2c1/C=C\c1ccc(C=O)cc1C. The highest BCUT2D eigenvalue weighted by Gasteiger charge is 2.05. The van der Waals surface area contributed by atoms with Crippen molar-refractivity contribution in [2.45, 2.75) is 13.8 Å². The van der Waals surface area contributed by atoms with Gasteiger partial charge in [0, 0.05) is 11.1 Å². The number of fused-ring (bicyclic) bond motifs is 1. The Morgan fingerprint density at radius 3 is 1.69 bits per heavy atom. The van der Waals surface area contributed by atoms with Crippen LogP contribution >= 0.6 is 0 Å². The normalized spacial score (nSPS) is 11.4. The molecule has 156 valence electrons. The molecule has 0 unspecified atom stereocenters. The number of rotatable bonds is 6. The Balaban J connectivity index is 1.78. The van der Waals surface area contributed by atoms with E-state index in [1.807, 2.05) is 56.3 Å². The Kier molecular flexibility index (Phi) is 6.23. The average Bonchev–Trinajstić information content (AvgIpc) is 2.82. The summed E-state index contributed by atoms with van der Waals surface area (Å²) in [5, 5.41) is 2.37. The maximum atomic E-state index is 11.0. The van der Waals surface area contributed by atoms with E-state index in [-0.39, 0.29) is 0 Å². The second-order valence-corrected chi connectivity index (χ2v) is 7.92. The molecule has 4 rings (SSSR count). The van der Waals surface area contributed by atoms with Crippen molar-refractivity contribution in [2.24, 2.45) is 0 Å². The summed E-state index contributed by atoms with van der Waals surface area (Å²) in [6, 6.07) is 24.1. The maximum Gasteiger partial charge on any atom is 0.150 e. The predicted molar refractivity (Wildman–Crippen MR) is 135 cm³/mol. The lowest BCUT2D eigenvalue weighted by molar-refractivity contribution is 0.111. The van der Waals surface area contributed by atoms with Crippen LogP contribution in [0.15, 0.2) is 72.8 Å². The summed E-state index contributed by atoms with van der Waals surface area (Å²) in [7, 11) is 0. The Morgan fingerprint density at radius 1 is 0.562 bits per heavy atom. The molecule has 0 bridgehead atoms. The van der Waals surface area contributed by atoms with Crippen molar-refractivity contribution in [1.82, 2.24) is 0 Å². The summed E-state index contributed by atoms with van der Waals surface area (Å²) < 4.78 is 0. The van der Waals surface area contributed by atoms with Crippen molar-refractivity contribution in [3.63, 3.8) is 0 Å². The molecule has 0 amide bonds. The first-order valence-corrected chi connectivity index (χ1v) is 10.6. The number of carbonyl (C=O) groups is 2. The lowest BCUT2D eigenvalue weighted by Crippen LogP contribution is -1.88. The van der Waals surface area contributed by atoms with E-state index in [0.717, 1.165) is 46.0 Å². The molecule has 0 atom stereocenters. The molecule has 0 aliphatic heterocycles. The average molecular weight is 417 g/mol. The summed E-state index contributed by atoms with van der Waals surface area (Å²) in [6.45, 7) is 4.03. The summed E-state index contributed by atoms with van der Waals surface area (Å²) in [5.41, 5.74) is 7.91. The maximum absolute atomic E-state index is 11.0. The molecule has 2 heteroatoms. The minimum Gasteiger partial charge on any atom is -0.298 e. The molecule has 4 aromatic rings. The van der Waals surface area contributed by atoms with E-state index >= 15 is 0 Å². The second kappa shape index (κ2) is 9.40.